The maximum absolute atomic E-state index is 12.6. The quantitative estimate of drug-likeness (QED) is 0.0736. The minimum atomic E-state index is -4.64. The second-order valence-corrected chi connectivity index (χ2v) is 14.2. The van der Waals surface area contributed by atoms with Gasteiger partial charge < -0.3 is 30.3 Å². The van der Waals surface area contributed by atoms with Crippen LogP contribution < -0.4 is 5.32 Å². The number of phosphoric ester groups is 1. The summed E-state index contributed by atoms with van der Waals surface area (Å²) < 4.78 is 28.1. The summed E-state index contributed by atoms with van der Waals surface area (Å²) in [5, 5.41) is 32.1. The second-order valence-electron chi connectivity index (χ2n) is 12.8. The molecule has 1 saturated heterocycles. The Morgan fingerprint density at radius 1 is 0.886 bits per heavy atom. The number of ether oxygens (including phenoxy) is 1. The molecule has 0 aromatic carbocycles. The Hall–Kier alpha value is -1.36. The molecule has 0 aromatic rings. The Kier molecular flexibility index (Phi) is 19.8. The van der Waals surface area contributed by atoms with E-state index in [0.717, 1.165) is 44.4 Å². The van der Waals surface area contributed by atoms with Crippen molar-refractivity contribution in [3.63, 3.8) is 0 Å². The van der Waals surface area contributed by atoms with E-state index in [1.807, 2.05) is 6.92 Å². The van der Waals surface area contributed by atoms with Crippen molar-refractivity contribution in [3.8, 4) is 0 Å². The maximum atomic E-state index is 12.6. The van der Waals surface area contributed by atoms with E-state index in [1.54, 1.807) is 0 Å². The summed E-state index contributed by atoms with van der Waals surface area (Å²) in [4.78, 5) is 21.8. The van der Waals surface area contributed by atoms with Gasteiger partial charge in [0.25, 0.3) is 0 Å². The molecule has 0 bridgehead atoms. The van der Waals surface area contributed by atoms with E-state index < -0.39 is 51.0 Å². The molecule has 1 aliphatic heterocycles. The van der Waals surface area contributed by atoms with Crippen molar-refractivity contribution >= 4 is 13.7 Å². The molecule has 44 heavy (non-hydrogen) atoms. The number of aliphatic hydroxyl groups is 3. The van der Waals surface area contributed by atoms with Crippen molar-refractivity contribution in [2.45, 2.75) is 143 Å². The largest absolute Gasteiger partial charge is 0.474 e. The van der Waals surface area contributed by atoms with Crippen molar-refractivity contribution in [2.75, 3.05) is 13.2 Å². The van der Waals surface area contributed by atoms with Crippen LogP contribution in [0.15, 0.2) is 34.9 Å². The SMILES string of the molecule is CC(=O)N[C@H]1[C@@H](OP(=O)(O)OCCC(C)CC/C=C(/C)CC/C=C(\C)CC/C=C(\C)CCCC(C)C)O[C@H](CO)[C@@H](O)[C@@H]1O. The van der Waals surface area contributed by atoms with Crippen LogP contribution in [0, 0.1) is 11.8 Å². The number of allylic oxidation sites excluding steroid dienone is 6. The van der Waals surface area contributed by atoms with Gasteiger partial charge in [-0.05, 0) is 90.4 Å². The summed E-state index contributed by atoms with van der Waals surface area (Å²) in [6.07, 6.45) is 11.4. The number of amides is 1. The monoisotopic (exact) mass is 645 g/mol. The third-order valence-corrected chi connectivity index (χ3v) is 8.90. The second kappa shape index (κ2) is 21.4. The van der Waals surface area contributed by atoms with Crippen molar-refractivity contribution in [3.05, 3.63) is 34.9 Å². The third-order valence-electron chi connectivity index (χ3n) is 7.92. The number of phosphoric acid groups is 1. The highest BCUT2D eigenvalue weighted by molar-refractivity contribution is 7.47. The van der Waals surface area contributed by atoms with E-state index in [0.29, 0.717) is 6.42 Å². The lowest BCUT2D eigenvalue weighted by atomic mass is 9.97. The molecule has 10 nitrogen and oxygen atoms in total. The van der Waals surface area contributed by atoms with Crippen molar-refractivity contribution in [1.29, 1.82) is 0 Å². The van der Waals surface area contributed by atoms with Gasteiger partial charge in [0.2, 0.25) is 5.91 Å². The zero-order valence-corrected chi connectivity index (χ0v) is 28.9. The van der Waals surface area contributed by atoms with Gasteiger partial charge in [0.15, 0.2) is 6.29 Å². The van der Waals surface area contributed by atoms with Gasteiger partial charge in [-0.3, -0.25) is 13.8 Å². The fourth-order valence-corrected chi connectivity index (χ4v) is 5.88. The predicted octanol–water partition coefficient (Wildman–Crippen LogP) is 6.10. The maximum Gasteiger partial charge on any atom is 0.474 e. The first kappa shape index (κ1) is 40.7. The number of carbonyl (C=O) groups is 1. The average molecular weight is 646 g/mol. The minimum absolute atomic E-state index is 0.0412. The number of nitrogens with one attached hydrogen (secondary N) is 1. The fraction of sp³-hybridized carbons (Fsp3) is 0.788. The lowest BCUT2D eigenvalue weighted by Gasteiger charge is -2.42. The standard InChI is InChI=1S/C33H60NO9P/c1-23(2)12-8-13-24(3)14-9-15-25(4)16-10-17-26(5)18-11-19-27(6)20-21-41-44(39,40)43-33-30(34-28(7)36)32(38)31(37)29(22-35)42-33/h14,16,18,23,27,29-33,35,37-38H,8-13,15,17,19-22H2,1-7H3,(H,34,36)(H,39,40)/b24-14+,25-16+,26-18-/t27?,29-,30-,31-,32-,33-/m1/s1. The van der Waals surface area contributed by atoms with E-state index in [1.165, 1.54) is 42.9 Å². The van der Waals surface area contributed by atoms with Gasteiger partial charge in [0.05, 0.1) is 13.2 Å². The molecule has 1 aliphatic rings. The van der Waals surface area contributed by atoms with Crippen LogP contribution in [0.4, 0.5) is 0 Å². The number of hydrogen-bond donors (Lipinski definition) is 5. The molecule has 7 atom stereocenters. The molecule has 1 heterocycles. The molecule has 1 rings (SSSR count). The van der Waals surface area contributed by atoms with Crippen LogP contribution in [0.25, 0.3) is 0 Å². The molecular formula is C33H60NO9P. The molecule has 0 radical (unpaired) electrons. The first-order chi connectivity index (χ1) is 20.6. The summed E-state index contributed by atoms with van der Waals surface area (Å²) in [6, 6.07) is -1.33. The zero-order valence-electron chi connectivity index (χ0n) is 28.0. The van der Waals surface area contributed by atoms with Gasteiger partial charge in [0, 0.05) is 6.92 Å². The highest BCUT2D eigenvalue weighted by atomic mass is 31.2. The first-order valence-electron chi connectivity index (χ1n) is 16.2. The summed E-state index contributed by atoms with van der Waals surface area (Å²) >= 11 is 0. The Morgan fingerprint density at radius 3 is 2.00 bits per heavy atom. The number of rotatable bonds is 21. The average Bonchev–Trinajstić information content (AvgIpc) is 2.92. The van der Waals surface area contributed by atoms with Crippen LogP contribution in [0.1, 0.15) is 113 Å². The van der Waals surface area contributed by atoms with Gasteiger partial charge >= 0.3 is 7.82 Å². The molecular weight excluding hydrogens is 585 g/mol. The topological polar surface area (TPSA) is 155 Å². The van der Waals surface area contributed by atoms with Crippen molar-refractivity contribution < 1.29 is 43.4 Å². The lowest BCUT2D eigenvalue weighted by molar-refractivity contribution is -0.248. The predicted molar refractivity (Wildman–Crippen MR) is 174 cm³/mol. The van der Waals surface area contributed by atoms with Crippen LogP contribution >= 0.6 is 7.82 Å². The molecule has 256 valence electrons. The highest BCUT2D eigenvalue weighted by Gasteiger charge is 2.47. The van der Waals surface area contributed by atoms with Gasteiger partial charge in [-0.1, -0.05) is 62.1 Å². The van der Waals surface area contributed by atoms with Crippen LogP contribution in [0.3, 0.4) is 0 Å². The molecule has 0 spiro atoms. The number of carbonyl (C=O) groups excluding carboxylic acids is 1. The Labute approximate surface area is 265 Å². The third kappa shape index (κ3) is 17.4. The molecule has 2 unspecified atom stereocenters. The zero-order chi connectivity index (χ0) is 33.3. The first-order valence-corrected chi connectivity index (χ1v) is 17.7. The molecule has 1 amide bonds. The van der Waals surface area contributed by atoms with Crippen LogP contribution in [-0.2, 0) is 23.1 Å². The molecule has 5 N–H and O–H groups in total. The van der Waals surface area contributed by atoms with Crippen LogP contribution in [0.5, 0.6) is 0 Å². The van der Waals surface area contributed by atoms with Gasteiger partial charge in [0.1, 0.15) is 24.4 Å². The summed E-state index contributed by atoms with van der Waals surface area (Å²) in [5.41, 5.74) is 4.29. The van der Waals surface area contributed by atoms with Crippen molar-refractivity contribution in [2.24, 2.45) is 11.8 Å². The lowest BCUT2D eigenvalue weighted by Crippen LogP contribution is -2.64. The van der Waals surface area contributed by atoms with Gasteiger partial charge in [-0.15, -0.1) is 0 Å². The van der Waals surface area contributed by atoms with E-state index in [4.69, 9.17) is 13.8 Å². The van der Waals surface area contributed by atoms with E-state index in [-0.39, 0.29) is 12.5 Å². The normalized spacial score (nSPS) is 25.6. The minimum Gasteiger partial charge on any atom is -0.394 e. The fourth-order valence-electron chi connectivity index (χ4n) is 5.04. The summed E-state index contributed by atoms with van der Waals surface area (Å²) in [7, 11) is -4.64. The number of hydrogen-bond acceptors (Lipinski definition) is 8. The van der Waals surface area contributed by atoms with Gasteiger partial charge in [-0.25, -0.2) is 4.57 Å². The van der Waals surface area contributed by atoms with Crippen LogP contribution in [0.2, 0.25) is 0 Å². The molecule has 0 saturated carbocycles. The Bertz CT molecular complexity index is 980. The summed E-state index contributed by atoms with van der Waals surface area (Å²) in [5.74, 6) is 0.439. The van der Waals surface area contributed by atoms with E-state index in [9.17, 15) is 29.6 Å². The number of aliphatic hydroxyl groups excluding tert-OH is 3. The molecule has 11 heteroatoms. The summed E-state index contributed by atoms with van der Waals surface area (Å²) in [6.45, 7) is 13.7. The smallest absolute Gasteiger partial charge is 0.394 e. The Balaban J connectivity index is 2.38. The molecule has 0 aromatic heterocycles. The Morgan fingerprint density at radius 2 is 1.45 bits per heavy atom. The van der Waals surface area contributed by atoms with Gasteiger partial charge in [-0.2, -0.15) is 0 Å². The van der Waals surface area contributed by atoms with Crippen molar-refractivity contribution in [1.82, 2.24) is 5.32 Å². The van der Waals surface area contributed by atoms with E-state index in [2.05, 4.69) is 58.2 Å². The molecule has 1 fully saturated rings. The van der Waals surface area contributed by atoms with Crippen LogP contribution in [-0.4, -0.2) is 70.0 Å². The van der Waals surface area contributed by atoms with E-state index >= 15 is 0 Å². The highest BCUT2D eigenvalue weighted by Crippen LogP contribution is 2.46. The molecule has 0 aliphatic carbocycles.